The molecule has 4 nitrogen and oxygen atoms in total. The maximum Gasteiger partial charge on any atom is 0.166 e. The molecule has 0 saturated carbocycles. The third-order valence-electron chi connectivity index (χ3n) is 6.26. The molecule has 0 aromatic heterocycles. The number of nitrogens with zero attached hydrogens (tertiary/aromatic N) is 1. The Hall–Kier alpha value is -1.23. The molecule has 1 saturated heterocycles. The molecule has 2 aliphatic carbocycles. The minimum atomic E-state index is -0.701. The minimum absolute atomic E-state index is 0.237. The zero-order valence-corrected chi connectivity index (χ0v) is 14.0. The molecule has 1 fully saturated rings. The van der Waals surface area contributed by atoms with Crippen LogP contribution < -0.4 is 9.47 Å². The summed E-state index contributed by atoms with van der Waals surface area (Å²) < 4.78 is 11.8. The third kappa shape index (κ3) is 1.50. The predicted octanol–water partition coefficient (Wildman–Crippen LogP) is 1.86. The van der Waals surface area contributed by atoms with Gasteiger partial charge in [-0.2, -0.15) is 0 Å². The highest BCUT2D eigenvalue weighted by atomic mass is 35.5. The zero-order valence-electron chi connectivity index (χ0n) is 13.3. The Balaban J connectivity index is 1.84. The van der Waals surface area contributed by atoms with E-state index >= 15 is 0 Å². The largest absolute Gasteiger partial charge is 0.493 e. The lowest BCUT2D eigenvalue weighted by atomic mass is 9.56. The van der Waals surface area contributed by atoms with Gasteiger partial charge in [-0.1, -0.05) is 12.1 Å². The van der Waals surface area contributed by atoms with Crippen molar-refractivity contribution in [3.8, 4) is 11.5 Å². The summed E-state index contributed by atoms with van der Waals surface area (Å²) in [6.45, 7) is 0.998. The number of methoxy groups -OCH3 is 1. The molecule has 2 bridgehead atoms. The number of hydrogen-bond acceptors (Lipinski definition) is 4. The molecule has 2 aliphatic heterocycles. The summed E-state index contributed by atoms with van der Waals surface area (Å²) in [5, 5.41) is 10.3. The smallest absolute Gasteiger partial charge is 0.166 e. The van der Waals surface area contributed by atoms with Gasteiger partial charge in [0.15, 0.2) is 11.5 Å². The van der Waals surface area contributed by atoms with Gasteiger partial charge in [-0.05, 0) is 43.6 Å². The number of aliphatic hydroxyl groups excluding tert-OH is 1. The van der Waals surface area contributed by atoms with Crippen molar-refractivity contribution in [1.82, 2.24) is 4.90 Å². The molecule has 23 heavy (non-hydrogen) atoms. The van der Waals surface area contributed by atoms with Crippen LogP contribution in [0, 0.1) is 0 Å². The Kier molecular flexibility index (Phi) is 2.73. The third-order valence-corrected chi connectivity index (χ3v) is 6.64. The first-order valence-electron chi connectivity index (χ1n) is 8.19. The second-order valence-corrected chi connectivity index (χ2v) is 7.65. The predicted molar refractivity (Wildman–Crippen MR) is 87.6 cm³/mol. The fourth-order valence-electron chi connectivity index (χ4n) is 5.21. The summed E-state index contributed by atoms with van der Waals surface area (Å²) in [7, 11) is 3.84. The Morgan fingerprint density at radius 2 is 2.26 bits per heavy atom. The van der Waals surface area contributed by atoms with E-state index in [9.17, 15) is 5.11 Å². The van der Waals surface area contributed by atoms with Crippen LogP contribution in [0.1, 0.15) is 17.5 Å². The van der Waals surface area contributed by atoms with Crippen LogP contribution in [0.5, 0.6) is 11.5 Å². The quantitative estimate of drug-likeness (QED) is 0.629. The molecular weight excluding hydrogens is 314 g/mol. The average Bonchev–Trinajstić information content (AvgIpc) is 2.89. The summed E-state index contributed by atoms with van der Waals surface area (Å²) >= 11 is 6.44. The fourth-order valence-corrected chi connectivity index (χ4v) is 5.47. The normalized spacial score (nSPS) is 40.3. The Morgan fingerprint density at radius 1 is 1.43 bits per heavy atom. The first kappa shape index (κ1) is 14.1. The lowest BCUT2D eigenvalue weighted by Gasteiger charge is -2.54. The van der Waals surface area contributed by atoms with Crippen LogP contribution in [0.4, 0.5) is 0 Å². The molecule has 0 amide bonds. The topological polar surface area (TPSA) is 41.9 Å². The maximum atomic E-state index is 10.7. The Morgan fingerprint density at radius 3 is 3.04 bits per heavy atom. The van der Waals surface area contributed by atoms with E-state index in [-0.39, 0.29) is 11.5 Å². The molecule has 122 valence electrons. The van der Waals surface area contributed by atoms with Crippen molar-refractivity contribution < 1.29 is 14.6 Å². The van der Waals surface area contributed by atoms with E-state index in [1.807, 2.05) is 6.07 Å². The van der Waals surface area contributed by atoms with Crippen LogP contribution in [-0.4, -0.2) is 54.3 Å². The highest BCUT2D eigenvalue weighted by molar-refractivity contribution is 6.22. The van der Waals surface area contributed by atoms with Crippen molar-refractivity contribution in [2.75, 3.05) is 20.7 Å². The fraction of sp³-hybridized carbons (Fsp3) is 0.556. The average molecular weight is 334 g/mol. The second-order valence-electron chi connectivity index (χ2n) is 7.15. The molecule has 1 aromatic carbocycles. The van der Waals surface area contributed by atoms with E-state index in [0.717, 1.165) is 30.9 Å². The molecular formula is C18H20ClNO3. The molecule has 0 unspecified atom stereocenters. The molecule has 4 aliphatic rings. The number of alkyl halides is 1. The van der Waals surface area contributed by atoms with Gasteiger partial charge in [-0.25, -0.2) is 0 Å². The Labute approximate surface area is 140 Å². The van der Waals surface area contributed by atoms with Crippen molar-refractivity contribution >= 4 is 11.6 Å². The van der Waals surface area contributed by atoms with Crippen molar-refractivity contribution in [3.63, 3.8) is 0 Å². The second kappa shape index (κ2) is 4.44. The number of piperidine rings is 1. The SMILES string of the molecule is COc1ccc2c3c1O[C@@H]1[C@H](O)[C@H](Cl)C=C4[C@@H](C2)N(C)CC[C@]431. The van der Waals surface area contributed by atoms with Gasteiger partial charge < -0.3 is 14.6 Å². The molecule has 5 atom stereocenters. The summed E-state index contributed by atoms with van der Waals surface area (Å²) in [5.41, 5.74) is 3.65. The van der Waals surface area contributed by atoms with Crippen molar-refractivity contribution in [2.24, 2.45) is 0 Å². The van der Waals surface area contributed by atoms with E-state index in [2.05, 4.69) is 24.1 Å². The number of rotatable bonds is 1. The van der Waals surface area contributed by atoms with Gasteiger partial charge in [-0.15, -0.1) is 11.6 Å². The number of likely N-dealkylation sites (tertiary alicyclic amines) is 1. The number of halogens is 1. The molecule has 5 heteroatoms. The molecule has 1 N–H and O–H groups in total. The maximum absolute atomic E-state index is 10.7. The van der Waals surface area contributed by atoms with Gasteiger partial charge in [0.1, 0.15) is 12.2 Å². The highest BCUT2D eigenvalue weighted by Crippen LogP contribution is 2.62. The number of hydrogen-bond donors (Lipinski definition) is 1. The summed E-state index contributed by atoms with van der Waals surface area (Å²) in [6, 6.07) is 4.49. The van der Waals surface area contributed by atoms with Gasteiger partial charge in [0, 0.05) is 11.6 Å². The zero-order chi connectivity index (χ0) is 15.9. The first-order chi connectivity index (χ1) is 11.1. The van der Waals surface area contributed by atoms with Crippen LogP contribution in [0.15, 0.2) is 23.8 Å². The van der Waals surface area contributed by atoms with E-state index in [0.29, 0.717) is 6.04 Å². The number of aliphatic hydroxyl groups is 1. The van der Waals surface area contributed by atoms with E-state index in [1.165, 1.54) is 16.7 Å². The van der Waals surface area contributed by atoms with E-state index in [1.54, 1.807) is 7.11 Å². The van der Waals surface area contributed by atoms with Crippen LogP contribution in [-0.2, 0) is 11.8 Å². The van der Waals surface area contributed by atoms with Crippen molar-refractivity contribution in [1.29, 1.82) is 0 Å². The molecule has 5 rings (SSSR count). The molecule has 1 aromatic rings. The number of ether oxygens (including phenoxy) is 2. The Bertz CT molecular complexity index is 733. The number of likely N-dealkylation sites (N-methyl/N-ethyl adjacent to an activating group) is 1. The van der Waals surface area contributed by atoms with Crippen LogP contribution >= 0.6 is 11.6 Å². The van der Waals surface area contributed by atoms with Crippen molar-refractivity contribution in [3.05, 3.63) is 34.9 Å². The minimum Gasteiger partial charge on any atom is -0.493 e. The summed E-state index contributed by atoms with van der Waals surface area (Å²) in [4.78, 5) is 2.40. The van der Waals surface area contributed by atoms with E-state index in [4.69, 9.17) is 21.1 Å². The van der Waals surface area contributed by atoms with Gasteiger partial charge in [0.05, 0.1) is 17.9 Å². The monoisotopic (exact) mass is 333 g/mol. The standard InChI is InChI=1S/C18H20ClNO3/c1-20-6-5-18-10-8-11(19)15(21)17(18)23-16-13(22-2)4-3-9(14(16)18)7-12(10)20/h3-4,8,11-12,15,17,21H,5-7H2,1-2H3/t11-,12-,15-,17-,18+/m1/s1. The highest BCUT2D eigenvalue weighted by Gasteiger charge is 2.63. The van der Waals surface area contributed by atoms with Gasteiger partial charge >= 0.3 is 0 Å². The van der Waals surface area contributed by atoms with Gasteiger partial charge in [0.25, 0.3) is 0 Å². The van der Waals surface area contributed by atoms with Crippen molar-refractivity contribution in [2.45, 2.75) is 41.9 Å². The number of benzene rings is 1. The first-order valence-corrected chi connectivity index (χ1v) is 8.63. The molecule has 0 radical (unpaired) electrons. The van der Waals surface area contributed by atoms with E-state index < -0.39 is 11.5 Å². The summed E-state index contributed by atoms with van der Waals surface area (Å²) in [5.74, 6) is 1.57. The van der Waals surface area contributed by atoms with Gasteiger partial charge in [-0.3, -0.25) is 4.90 Å². The lowest BCUT2D eigenvalue weighted by Crippen LogP contribution is -2.63. The van der Waals surface area contributed by atoms with Gasteiger partial charge in [0.2, 0.25) is 0 Å². The van der Waals surface area contributed by atoms with Crippen LogP contribution in [0.25, 0.3) is 0 Å². The molecule has 1 spiro atoms. The van der Waals surface area contributed by atoms with Crippen LogP contribution in [0.3, 0.4) is 0 Å². The van der Waals surface area contributed by atoms with Crippen LogP contribution in [0.2, 0.25) is 0 Å². The molecule has 2 heterocycles. The summed E-state index contributed by atoms with van der Waals surface area (Å²) in [6.07, 6.45) is 2.99. The lowest BCUT2D eigenvalue weighted by molar-refractivity contribution is -0.0105.